The van der Waals surface area contributed by atoms with Crippen LogP contribution < -0.4 is 27.3 Å². The van der Waals surface area contributed by atoms with Crippen molar-refractivity contribution in [2.45, 2.75) is 0 Å². The summed E-state index contributed by atoms with van der Waals surface area (Å²) in [5.41, 5.74) is 20.2. The van der Waals surface area contributed by atoms with E-state index in [9.17, 15) is 0 Å². The van der Waals surface area contributed by atoms with Crippen LogP contribution in [0.4, 0.5) is 0 Å². The molecule has 0 aliphatic heterocycles. The number of rotatable bonds is 7. The molecular formula is C52H39B5N6. The molecule has 63 heavy (non-hydrogen) atoms. The highest BCUT2D eigenvalue weighted by Crippen LogP contribution is 2.38. The molecule has 0 N–H and O–H groups in total. The largest absolute Gasteiger partial charge is 0.309 e. The van der Waals surface area contributed by atoms with E-state index in [1.54, 1.807) is 0 Å². The van der Waals surface area contributed by atoms with Crippen molar-refractivity contribution < 1.29 is 0 Å². The molecule has 11 aromatic rings. The first-order valence-electron chi connectivity index (χ1n) is 21.5. The quantitative estimate of drug-likeness (QED) is 0.230. The zero-order valence-corrected chi connectivity index (χ0v) is 35.9. The normalized spacial score (nSPS) is 11.5. The molecular weight excluding hydrogens is 763 g/mol. The van der Waals surface area contributed by atoms with Gasteiger partial charge in [-0.2, -0.15) is 0 Å². The molecule has 0 amide bonds. The average molecular weight is 802 g/mol. The second-order valence-electron chi connectivity index (χ2n) is 16.5. The van der Waals surface area contributed by atoms with Gasteiger partial charge in [0.25, 0.3) is 0 Å². The van der Waals surface area contributed by atoms with E-state index in [0.29, 0.717) is 17.5 Å². The SMILES string of the molecule is Bc1c(B)c(B)c(-c2c(-c3ccc4c5ccccc5n(-c5ccc(-c6nc(-c7ccccc7)nc(-c7cccc(-c8ccccc8)c7)n6)cc5)c4c3)nc3ccccn23)c(B)c1B. The minimum atomic E-state index is 0.617. The third-order valence-electron chi connectivity index (χ3n) is 13.0. The van der Waals surface area contributed by atoms with Crippen molar-refractivity contribution in [3.05, 3.63) is 176 Å². The molecule has 11 rings (SSSR count). The smallest absolute Gasteiger partial charge is 0.164 e. The van der Waals surface area contributed by atoms with E-state index in [0.717, 1.165) is 67.1 Å². The van der Waals surface area contributed by atoms with Crippen molar-refractivity contribution in [1.82, 2.24) is 28.9 Å². The molecule has 0 aliphatic rings. The Labute approximate surface area is 370 Å². The summed E-state index contributed by atoms with van der Waals surface area (Å²) in [4.78, 5) is 20.5. The van der Waals surface area contributed by atoms with Gasteiger partial charge >= 0.3 is 0 Å². The van der Waals surface area contributed by atoms with E-state index < -0.39 is 0 Å². The molecule has 0 unspecified atom stereocenters. The summed E-state index contributed by atoms with van der Waals surface area (Å²) in [5, 5.41) is 2.38. The van der Waals surface area contributed by atoms with Gasteiger partial charge in [-0.3, -0.25) is 4.40 Å². The number of nitrogens with zero attached hydrogens (tertiary/aromatic N) is 6. The fourth-order valence-corrected chi connectivity index (χ4v) is 9.27. The summed E-state index contributed by atoms with van der Waals surface area (Å²) in [6, 6.07) is 59.3. The maximum absolute atomic E-state index is 5.34. The number of fused-ring (bicyclic) bond motifs is 4. The molecule has 0 spiro atoms. The number of hydrogen-bond acceptors (Lipinski definition) is 4. The lowest BCUT2D eigenvalue weighted by molar-refractivity contribution is 1.07. The molecule has 0 radical (unpaired) electrons. The second-order valence-corrected chi connectivity index (χ2v) is 16.5. The summed E-state index contributed by atoms with van der Waals surface area (Å²) in [5.74, 6) is 1.88. The first-order valence-corrected chi connectivity index (χ1v) is 21.5. The number of imidazole rings is 1. The van der Waals surface area contributed by atoms with Gasteiger partial charge in [0.2, 0.25) is 0 Å². The molecule has 4 aromatic heterocycles. The Kier molecular flexibility index (Phi) is 9.34. The molecule has 292 valence electrons. The Morgan fingerprint density at radius 2 is 0.905 bits per heavy atom. The zero-order valence-electron chi connectivity index (χ0n) is 35.9. The van der Waals surface area contributed by atoms with Crippen molar-refractivity contribution in [2.24, 2.45) is 0 Å². The van der Waals surface area contributed by atoms with Gasteiger partial charge in [0.1, 0.15) is 44.9 Å². The molecule has 6 nitrogen and oxygen atoms in total. The second kappa shape index (κ2) is 15.4. The highest BCUT2D eigenvalue weighted by atomic mass is 15.0. The first-order chi connectivity index (χ1) is 30.8. The molecule has 4 heterocycles. The fraction of sp³-hybridized carbons (Fsp3) is 0. The van der Waals surface area contributed by atoms with Crippen LogP contribution in [0.1, 0.15) is 0 Å². The number of pyridine rings is 1. The predicted molar refractivity (Wildman–Crippen MR) is 276 cm³/mol. The highest BCUT2D eigenvalue weighted by molar-refractivity contribution is 6.68. The van der Waals surface area contributed by atoms with Crippen LogP contribution in [0.2, 0.25) is 0 Å². The molecule has 0 saturated heterocycles. The molecule has 0 aliphatic carbocycles. The summed E-state index contributed by atoms with van der Waals surface area (Å²) in [6.45, 7) is 0. The third kappa shape index (κ3) is 6.51. The Morgan fingerprint density at radius 1 is 0.365 bits per heavy atom. The number of hydrogen-bond donors (Lipinski definition) is 0. The van der Waals surface area contributed by atoms with E-state index in [4.69, 9.17) is 19.9 Å². The number of benzene rings is 7. The summed E-state index contributed by atoms with van der Waals surface area (Å²) in [6.07, 6.45) is 2.14. The average Bonchev–Trinajstić information content (AvgIpc) is 3.89. The van der Waals surface area contributed by atoms with Crippen LogP contribution in [0.3, 0.4) is 0 Å². The predicted octanol–water partition coefficient (Wildman–Crippen LogP) is 3.91. The van der Waals surface area contributed by atoms with Crippen molar-refractivity contribution in [2.75, 3.05) is 0 Å². The highest BCUT2D eigenvalue weighted by Gasteiger charge is 2.23. The Bertz CT molecular complexity index is 3540. The van der Waals surface area contributed by atoms with E-state index in [1.807, 2.05) is 36.4 Å². The topological polar surface area (TPSA) is 60.9 Å². The van der Waals surface area contributed by atoms with Crippen LogP contribution in [0, 0.1) is 0 Å². The first kappa shape index (κ1) is 38.3. The van der Waals surface area contributed by atoms with Crippen LogP contribution >= 0.6 is 0 Å². The fourth-order valence-electron chi connectivity index (χ4n) is 9.27. The molecule has 11 heteroatoms. The van der Waals surface area contributed by atoms with E-state index in [1.165, 1.54) is 43.6 Å². The zero-order chi connectivity index (χ0) is 42.8. The Morgan fingerprint density at radius 3 is 1.62 bits per heavy atom. The van der Waals surface area contributed by atoms with Gasteiger partial charge in [-0.05, 0) is 71.3 Å². The molecule has 0 atom stereocenters. The third-order valence-corrected chi connectivity index (χ3v) is 13.0. The van der Waals surface area contributed by atoms with Crippen LogP contribution in [0.15, 0.2) is 176 Å². The van der Waals surface area contributed by atoms with Gasteiger partial charge in [-0.15, -0.1) is 16.4 Å². The lowest BCUT2D eigenvalue weighted by Gasteiger charge is -2.21. The molecule has 0 saturated carbocycles. The van der Waals surface area contributed by atoms with E-state index >= 15 is 0 Å². The van der Waals surface area contributed by atoms with Crippen molar-refractivity contribution in [3.8, 4) is 73.5 Å². The molecule has 7 aromatic carbocycles. The van der Waals surface area contributed by atoms with Gasteiger partial charge in [-0.1, -0.05) is 126 Å². The van der Waals surface area contributed by atoms with Gasteiger partial charge in [-0.25, -0.2) is 19.9 Å². The van der Waals surface area contributed by atoms with Crippen LogP contribution in [0.25, 0.3) is 101 Å². The summed E-state index contributed by atoms with van der Waals surface area (Å²) >= 11 is 0. The monoisotopic (exact) mass is 802 g/mol. The van der Waals surface area contributed by atoms with Crippen molar-refractivity contribution >= 4 is 94.0 Å². The maximum atomic E-state index is 5.34. The number of para-hydroxylation sites is 1. The standard InChI is InChI=1S/C52H39B5N6/c53-43-42(44(54)46(56)47(57)45(43)55)49-48(58-41-20-9-10-27-62(41)49)34-23-26-38-37-18-7-8-19-39(37)63(40(38)29-34)36-24-21-32(22-25-36)51-59-50(31-14-5-2-6-15-31)60-52(61-51)35-17-11-16-33(28-35)30-12-3-1-4-13-30/h1-29H,53-57H2. The van der Waals surface area contributed by atoms with E-state index in [2.05, 4.69) is 188 Å². The van der Waals surface area contributed by atoms with Gasteiger partial charge in [0, 0.05) is 44.9 Å². The Balaban J connectivity index is 1.05. The van der Waals surface area contributed by atoms with Gasteiger partial charge in [0.05, 0.1) is 22.4 Å². The van der Waals surface area contributed by atoms with Crippen molar-refractivity contribution in [3.63, 3.8) is 0 Å². The minimum Gasteiger partial charge on any atom is -0.309 e. The van der Waals surface area contributed by atoms with Crippen LogP contribution in [-0.4, -0.2) is 68.1 Å². The maximum Gasteiger partial charge on any atom is 0.164 e. The van der Waals surface area contributed by atoms with Crippen LogP contribution in [-0.2, 0) is 0 Å². The number of aromatic nitrogens is 6. The summed E-state index contributed by atoms with van der Waals surface area (Å²) in [7, 11) is 11.2. The summed E-state index contributed by atoms with van der Waals surface area (Å²) < 4.78 is 4.63. The molecule has 0 bridgehead atoms. The van der Waals surface area contributed by atoms with Gasteiger partial charge < -0.3 is 4.57 Å². The van der Waals surface area contributed by atoms with E-state index in [-0.39, 0.29) is 0 Å². The minimum absolute atomic E-state index is 0.617. The Hall–Kier alpha value is -7.64. The lowest BCUT2D eigenvalue weighted by atomic mass is 9.60. The lowest BCUT2D eigenvalue weighted by Crippen LogP contribution is -2.55. The van der Waals surface area contributed by atoms with Gasteiger partial charge in [0.15, 0.2) is 17.5 Å². The van der Waals surface area contributed by atoms with Crippen molar-refractivity contribution in [1.29, 1.82) is 0 Å². The molecule has 0 fully saturated rings. The van der Waals surface area contributed by atoms with Crippen LogP contribution in [0.5, 0.6) is 0 Å².